The van der Waals surface area contributed by atoms with E-state index in [0.717, 1.165) is 23.1 Å². The van der Waals surface area contributed by atoms with Gasteiger partial charge in [0.15, 0.2) is 0 Å². The summed E-state index contributed by atoms with van der Waals surface area (Å²) in [5.74, 6) is 0.658. The minimum atomic E-state index is -0.399. The number of rotatable bonds is 5. The van der Waals surface area contributed by atoms with Gasteiger partial charge in [-0.2, -0.15) is 4.98 Å². The average molecular weight is 361 g/mol. The second-order valence-corrected chi connectivity index (χ2v) is 6.25. The summed E-state index contributed by atoms with van der Waals surface area (Å²) in [7, 11) is 0. The van der Waals surface area contributed by atoms with Crippen LogP contribution in [0.5, 0.6) is 0 Å². The van der Waals surface area contributed by atoms with E-state index in [1.54, 1.807) is 12.1 Å². The van der Waals surface area contributed by atoms with Crippen LogP contribution in [-0.2, 0) is 6.54 Å². The van der Waals surface area contributed by atoms with Crippen LogP contribution >= 0.6 is 0 Å². The maximum Gasteiger partial charge on any atom is 0.251 e. The number of carbonyl (C=O) groups excluding carboxylic acids is 1. The van der Waals surface area contributed by atoms with Gasteiger partial charge in [0.2, 0.25) is 11.7 Å². The Morgan fingerprint density at radius 2 is 2.04 bits per heavy atom. The molecule has 1 atom stereocenters. The summed E-state index contributed by atoms with van der Waals surface area (Å²) in [5.41, 5.74) is 3.37. The molecular formula is C20H19N5O2. The molecule has 0 radical (unpaired) electrons. The van der Waals surface area contributed by atoms with Crippen LogP contribution in [0.25, 0.3) is 22.4 Å². The minimum absolute atomic E-state index is 0.184. The lowest BCUT2D eigenvalue weighted by Crippen LogP contribution is -2.26. The Morgan fingerprint density at radius 3 is 2.81 bits per heavy atom. The maximum atomic E-state index is 12.3. The number of fused-ring (bicyclic) bond motifs is 1. The average Bonchev–Trinajstić information content (AvgIpc) is 3.35. The van der Waals surface area contributed by atoms with E-state index in [1.807, 2.05) is 49.6 Å². The molecule has 0 aliphatic carbocycles. The first-order valence-corrected chi connectivity index (χ1v) is 8.80. The van der Waals surface area contributed by atoms with Crippen LogP contribution in [0.3, 0.4) is 0 Å². The van der Waals surface area contributed by atoms with Crippen molar-refractivity contribution < 1.29 is 9.32 Å². The number of nitrogens with one attached hydrogen (secondary N) is 1. The third-order valence-corrected chi connectivity index (χ3v) is 4.42. The molecule has 1 amide bonds. The lowest BCUT2D eigenvalue weighted by molar-refractivity contribution is 0.0932. The van der Waals surface area contributed by atoms with Crippen molar-refractivity contribution in [2.75, 3.05) is 0 Å². The number of aryl methyl sites for hydroxylation is 1. The van der Waals surface area contributed by atoms with Gasteiger partial charge in [0.1, 0.15) is 6.04 Å². The second kappa shape index (κ2) is 7.03. The molecule has 0 saturated heterocycles. The van der Waals surface area contributed by atoms with Gasteiger partial charge in [-0.1, -0.05) is 23.4 Å². The van der Waals surface area contributed by atoms with Gasteiger partial charge < -0.3 is 14.4 Å². The third-order valence-electron chi connectivity index (χ3n) is 4.42. The zero-order chi connectivity index (χ0) is 18.8. The monoisotopic (exact) mass is 361 g/mol. The molecule has 0 aliphatic heterocycles. The van der Waals surface area contributed by atoms with Crippen LogP contribution in [-0.4, -0.2) is 25.6 Å². The van der Waals surface area contributed by atoms with Crippen LogP contribution in [0, 0.1) is 0 Å². The Kier molecular flexibility index (Phi) is 4.42. The van der Waals surface area contributed by atoms with Crippen molar-refractivity contribution in [1.82, 2.24) is 25.0 Å². The zero-order valence-electron chi connectivity index (χ0n) is 15.1. The highest BCUT2D eigenvalue weighted by Crippen LogP contribution is 2.23. The lowest BCUT2D eigenvalue weighted by atomic mass is 10.2. The van der Waals surface area contributed by atoms with E-state index in [1.165, 1.54) is 0 Å². The molecule has 0 saturated carbocycles. The molecule has 4 aromatic rings. The van der Waals surface area contributed by atoms with Crippen molar-refractivity contribution in [2.24, 2.45) is 0 Å². The smallest absolute Gasteiger partial charge is 0.251 e. The largest absolute Gasteiger partial charge is 0.341 e. The Hall–Kier alpha value is -3.48. The Bertz CT molecular complexity index is 1080. The Morgan fingerprint density at radius 1 is 1.22 bits per heavy atom. The van der Waals surface area contributed by atoms with Crippen LogP contribution in [0.1, 0.15) is 36.1 Å². The Labute approximate surface area is 156 Å². The van der Waals surface area contributed by atoms with Crippen LogP contribution < -0.4 is 5.32 Å². The summed E-state index contributed by atoms with van der Waals surface area (Å²) < 4.78 is 7.43. The number of imidazole rings is 1. The molecule has 0 fully saturated rings. The zero-order valence-corrected chi connectivity index (χ0v) is 15.1. The first-order chi connectivity index (χ1) is 13.2. The van der Waals surface area contributed by atoms with E-state index in [2.05, 4.69) is 31.9 Å². The molecule has 1 N–H and O–H groups in total. The van der Waals surface area contributed by atoms with Crippen molar-refractivity contribution in [3.63, 3.8) is 0 Å². The fourth-order valence-electron chi connectivity index (χ4n) is 2.91. The van der Waals surface area contributed by atoms with Gasteiger partial charge in [-0.05, 0) is 44.2 Å². The number of hydrogen-bond donors (Lipinski definition) is 1. The quantitative estimate of drug-likeness (QED) is 0.587. The maximum absolute atomic E-state index is 12.3. The van der Waals surface area contributed by atoms with Gasteiger partial charge in [0, 0.05) is 17.7 Å². The molecule has 2 heterocycles. The van der Waals surface area contributed by atoms with Gasteiger partial charge in [-0.3, -0.25) is 4.79 Å². The van der Waals surface area contributed by atoms with Gasteiger partial charge in [0.25, 0.3) is 5.91 Å². The lowest BCUT2D eigenvalue weighted by Gasteiger charge is -2.09. The number of carbonyl (C=O) groups is 1. The predicted octanol–water partition coefficient (Wildman–Crippen LogP) is 3.60. The van der Waals surface area contributed by atoms with E-state index in [0.29, 0.717) is 17.3 Å². The number of nitrogens with zero attached hydrogens (tertiary/aromatic N) is 4. The fourth-order valence-corrected chi connectivity index (χ4v) is 2.91. The minimum Gasteiger partial charge on any atom is -0.341 e. The summed E-state index contributed by atoms with van der Waals surface area (Å²) in [5, 5.41) is 6.94. The topological polar surface area (TPSA) is 85.8 Å². The van der Waals surface area contributed by atoms with Crippen molar-refractivity contribution in [2.45, 2.75) is 26.4 Å². The molecule has 27 heavy (non-hydrogen) atoms. The molecule has 2 aromatic heterocycles. The summed E-state index contributed by atoms with van der Waals surface area (Å²) >= 11 is 0. The van der Waals surface area contributed by atoms with Gasteiger partial charge >= 0.3 is 0 Å². The third kappa shape index (κ3) is 3.31. The molecule has 4 rings (SSSR count). The molecule has 2 aromatic carbocycles. The summed E-state index contributed by atoms with van der Waals surface area (Å²) in [6.07, 6.45) is 1.82. The molecule has 7 heteroatoms. The van der Waals surface area contributed by atoms with Crippen LogP contribution in [0.2, 0.25) is 0 Å². The molecular weight excluding hydrogens is 342 g/mol. The van der Waals surface area contributed by atoms with Gasteiger partial charge in [-0.15, -0.1) is 0 Å². The van der Waals surface area contributed by atoms with Crippen molar-refractivity contribution in [3.8, 4) is 11.4 Å². The van der Waals surface area contributed by atoms with Crippen molar-refractivity contribution in [3.05, 3.63) is 66.3 Å². The number of benzene rings is 2. The second-order valence-electron chi connectivity index (χ2n) is 6.25. The van der Waals surface area contributed by atoms with E-state index in [9.17, 15) is 4.79 Å². The fraction of sp³-hybridized carbons (Fsp3) is 0.200. The van der Waals surface area contributed by atoms with Crippen LogP contribution in [0.15, 0.2) is 59.4 Å². The van der Waals surface area contributed by atoms with E-state index in [-0.39, 0.29) is 5.91 Å². The number of amides is 1. The normalized spacial score (nSPS) is 12.2. The van der Waals surface area contributed by atoms with Gasteiger partial charge in [0.05, 0.1) is 17.4 Å². The van der Waals surface area contributed by atoms with E-state index in [4.69, 9.17) is 4.52 Å². The SMILES string of the molecule is CCn1cnc2ccc(-c3noc(C(C)NC(=O)c4ccccc4)n3)cc21. The molecule has 0 aliphatic rings. The van der Waals surface area contributed by atoms with E-state index < -0.39 is 6.04 Å². The predicted molar refractivity (Wildman–Crippen MR) is 101 cm³/mol. The highest BCUT2D eigenvalue weighted by atomic mass is 16.5. The number of hydrogen-bond acceptors (Lipinski definition) is 5. The van der Waals surface area contributed by atoms with Crippen LogP contribution in [0.4, 0.5) is 0 Å². The molecule has 1 unspecified atom stereocenters. The molecule has 0 bridgehead atoms. The van der Waals surface area contributed by atoms with Crippen molar-refractivity contribution in [1.29, 1.82) is 0 Å². The molecule has 0 spiro atoms. The van der Waals surface area contributed by atoms with E-state index >= 15 is 0 Å². The summed E-state index contributed by atoms with van der Waals surface area (Å²) in [6.45, 7) is 4.71. The standard InChI is InChI=1S/C20H19N5O2/c1-3-25-12-21-16-10-9-15(11-17(16)25)18-23-20(27-24-18)13(2)22-19(26)14-7-5-4-6-8-14/h4-13H,3H2,1-2H3,(H,22,26). The number of aromatic nitrogens is 4. The highest BCUT2D eigenvalue weighted by molar-refractivity contribution is 5.94. The Balaban J connectivity index is 1.55. The summed E-state index contributed by atoms with van der Waals surface area (Å²) in [6, 6.07) is 14.5. The van der Waals surface area contributed by atoms with Crippen molar-refractivity contribution >= 4 is 16.9 Å². The first-order valence-electron chi connectivity index (χ1n) is 8.80. The van der Waals surface area contributed by atoms with Gasteiger partial charge in [-0.25, -0.2) is 4.98 Å². The highest BCUT2D eigenvalue weighted by Gasteiger charge is 2.18. The molecule has 7 nitrogen and oxygen atoms in total. The first kappa shape index (κ1) is 17.0. The summed E-state index contributed by atoms with van der Waals surface area (Å²) in [4.78, 5) is 21.1. The molecule has 136 valence electrons.